The smallest absolute Gasteiger partial charge is 0.335 e. The van der Waals surface area contributed by atoms with Crippen molar-refractivity contribution in [1.82, 2.24) is 9.97 Å². The second-order valence-electron chi connectivity index (χ2n) is 8.57. The fourth-order valence-electron chi connectivity index (χ4n) is 4.24. The Morgan fingerprint density at radius 2 is 1.68 bits per heavy atom. The van der Waals surface area contributed by atoms with Gasteiger partial charge in [0.25, 0.3) is 0 Å². The Balaban J connectivity index is 1.66. The number of nitrogens with zero attached hydrogens (tertiary/aromatic N) is 3. The number of anilines is 1. The van der Waals surface area contributed by atoms with Crippen molar-refractivity contribution < 1.29 is 19.4 Å². The molecule has 0 bridgehead atoms. The van der Waals surface area contributed by atoms with Crippen molar-refractivity contribution in [2.24, 2.45) is 0 Å². The first kappa shape index (κ1) is 19.6. The van der Waals surface area contributed by atoms with Gasteiger partial charge in [-0.2, -0.15) is 0 Å². The van der Waals surface area contributed by atoms with Crippen LogP contribution in [0.4, 0.5) is 5.82 Å². The van der Waals surface area contributed by atoms with Gasteiger partial charge in [0.1, 0.15) is 5.69 Å². The number of benzene rings is 2. The fraction of sp³-hybridized carbons (Fsp3) is 0.375. The lowest BCUT2D eigenvalue weighted by atomic mass is 10.1. The molecule has 7 heteroatoms. The molecule has 160 valence electrons. The molecule has 0 radical (unpaired) electrons. The fourth-order valence-corrected chi connectivity index (χ4v) is 4.24. The van der Waals surface area contributed by atoms with Crippen LogP contribution in [0.15, 0.2) is 36.4 Å². The molecule has 1 N–H and O–H groups in total. The van der Waals surface area contributed by atoms with Gasteiger partial charge in [-0.05, 0) is 49.2 Å². The van der Waals surface area contributed by atoms with Crippen molar-refractivity contribution in [1.29, 1.82) is 0 Å². The van der Waals surface area contributed by atoms with Crippen LogP contribution in [0.25, 0.3) is 22.3 Å². The number of aromatic carboxylic acids is 1. The molecule has 3 aromatic rings. The highest BCUT2D eigenvalue weighted by atomic mass is 16.7. The van der Waals surface area contributed by atoms with Gasteiger partial charge < -0.3 is 19.5 Å². The molecule has 7 nitrogen and oxygen atoms in total. The van der Waals surface area contributed by atoms with Gasteiger partial charge in [-0.3, -0.25) is 0 Å². The molecular formula is C24H25N3O4. The van der Waals surface area contributed by atoms with Crippen LogP contribution >= 0.6 is 0 Å². The number of hydrogen-bond donors (Lipinski definition) is 1. The lowest BCUT2D eigenvalue weighted by molar-refractivity contribution is -0.0431. The van der Waals surface area contributed by atoms with Gasteiger partial charge in [-0.15, -0.1) is 0 Å². The summed E-state index contributed by atoms with van der Waals surface area (Å²) in [6, 6.07) is 10.7. The highest BCUT2D eigenvalue weighted by Crippen LogP contribution is 2.42. The molecule has 1 saturated heterocycles. The van der Waals surface area contributed by atoms with Gasteiger partial charge in [0.05, 0.1) is 16.6 Å². The summed E-state index contributed by atoms with van der Waals surface area (Å²) < 4.78 is 11.8. The lowest BCUT2D eigenvalue weighted by Gasteiger charge is -2.24. The standard InChI is InChI=1S/C24H25N3O4/c1-24(2)30-19-10-8-15(14-20(19)31-24)21-22(27-11-5-3-4-6-12-27)26-18-13-16(23(28)29)7-9-17(18)25-21/h7-10,13-14H,3-6,11-12H2,1-2H3,(H,28,29). The Morgan fingerprint density at radius 1 is 0.935 bits per heavy atom. The summed E-state index contributed by atoms with van der Waals surface area (Å²) in [7, 11) is 0. The molecular weight excluding hydrogens is 394 g/mol. The molecule has 5 rings (SSSR count). The molecule has 2 aromatic carbocycles. The molecule has 31 heavy (non-hydrogen) atoms. The van der Waals surface area contributed by atoms with E-state index in [-0.39, 0.29) is 5.56 Å². The Labute approximate surface area is 180 Å². The first-order valence-electron chi connectivity index (χ1n) is 10.7. The first-order chi connectivity index (χ1) is 14.9. The van der Waals surface area contributed by atoms with E-state index < -0.39 is 11.8 Å². The Morgan fingerprint density at radius 3 is 2.42 bits per heavy atom. The zero-order chi connectivity index (χ0) is 21.6. The van der Waals surface area contributed by atoms with Gasteiger partial charge in [0, 0.05) is 32.5 Å². The van der Waals surface area contributed by atoms with E-state index in [1.54, 1.807) is 18.2 Å². The highest BCUT2D eigenvalue weighted by molar-refractivity contribution is 5.93. The summed E-state index contributed by atoms with van der Waals surface area (Å²) in [6.45, 7) is 5.57. The minimum absolute atomic E-state index is 0.210. The van der Waals surface area contributed by atoms with Crippen molar-refractivity contribution in [3.8, 4) is 22.8 Å². The predicted octanol–water partition coefficient (Wildman–Crippen LogP) is 4.88. The summed E-state index contributed by atoms with van der Waals surface area (Å²) in [5.74, 6) is 0.520. The summed E-state index contributed by atoms with van der Waals surface area (Å²) in [5, 5.41) is 9.38. The van der Waals surface area contributed by atoms with Gasteiger partial charge in [-0.1, -0.05) is 12.8 Å². The Bertz CT molecular complexity index is 1170. The van der Waals surface area contributed by atoms with Crippen LogP contribution in [0.3, 0.4) is 0 Å². The highest BCUT2D eigenvalue weighted by Gasteiger charge is 2.32. The number of carbonyl (C=O) groups is 1. The third kappa shape index (κ3) is 3.76. The van der Waals surface area contributed by atoms with Gasteiger partial charge in [0.2, 0.25) is 5.79 Å². The van der Waals surface area contributed by atoms with Crippen LogP contribution in [0, 0.1) is 0 Å². The zero-order valence-corrected chi connectivity index (χ0v) is 17.7. The topological polar surface area (TPSA) is 84.8 Å². The average molecular weight is 419 g/mol. The Hall–Kier alpha value is -3.35. The van der Waals surface area contributed by atoms with Crippen molar-refractivity contribution in [3.63, 3.8) is 0 Å². The minimum atomic E-state index is -0.970. The van der Waals surface area contributed by atoms with E-state index in [2.05, 4.69) is 4.90 Å². The van der Waals surface area contributed by atoms with E-state index in [1.807, 2.05) is 32.0 Å². The summed E-state index contributed by atoms with van der Waals surface area (Å²) >= 11 is 0. The van der Waals surface area contributed by atoms with Crippen LogP contribution in [0.1, 0.15) is 49.9 Å². The van der Waals surface area contributed by atoms with E-state index in [9.17, 15) is 9.90 Å². The zero-order valence-electron chi connectivity index (χ0n) is 17.7. The lowest BCUT2D eigenvalue weighted by Crippen LogP contribution is -2.29. The third-order valence-electron chi connectivity index (χ3n) is 5.73. The molecule has 1 aromatic heterocycles. The number of hydrogen-bond acceptors (Lipinski definition) is 6. The molecule has 2 aliphatic rings. The van der Waals surface area contributed by atoms with Gasteiger partial charge in [0.15, 0.2) is 17.3 Å². The van der Waals surface area contributed by atoms with Gasteiger partial charge >= 0.3 is 5.97 Å². The SMILES string of the molecule is CC1(C)Oc2ccc(-c3nc4ccc(C(=O)O)cc4nc3N3CCCCCC3)cc2O1. The van der Waals surface area contributed by atoms with Crippen molar-refractivity contribution >= 4 is 22.8 Å². The summed E-state index contributed by atoms with van der Waals surface area (Å²) in [6.07, 6.45) is 4.61. The molecule has 1 fully saturated rings. The average Bonchev–Trinajstić information content (AvgIpc) is 2.90. The molecule has 2 aliphatic heterocycles. The molecule has 0 atom stereocenters. The van der Waals surface area contributed by atoms with Crippen molar-refractivity contribution in [2.45, 2.75) is 45.3 Å². The van der Waals surface area contributed by atoms with Crippen LogP contribution < -0.4 is 14.4 Å². The Kier molecular flexibility index (Phi) is 4.68. The van der Waals surface area contributed by atoms with E-state index in [0.29, 0.717) is 22.5 Å². The number of carboxylic acid groups (broad SMARTS) is 1. The largest absolute Gasteiger partial charge is 0.478 e. The molecule has 0 amide bonds. The maximum absolute atomic E-state index is 11.4. The summed E-state index contributed by atoms with van der Waals surface area (Å²) in [5.41, 5.74) is 3.13. The van der Waals surface area contributed by atoms with E-state index in [0.717, 1.165) is 43.0 Å². The van der Waals surface area contributed by atoms with E-state index in [4.69, 9.17) is 19.4 Å². The maximum atomic E-state index is 11.4. The second-order valence-corrected chi connectivity index (χ2v) is 8.57. The van der Waals surface area contributed by atoms with Crippen molar-refractivity contribution in [3.05, 3.63) is 42.0 Å². The second kappa shape index (κ2) is 7.41. The van der Waals surface area contributed by atoms with E-state index in [1.165, 1.54) is 12.8 Å². The predicted molar refractivity (Wildman–Crippen MR) is 118 cm³/mol. The number of aromatic nitrogens is 2. The maximum Gasteiger partial charge on any atom is 0.335 e. The van der Waals surface area contributed by atoms with Crippen LogP contribution in [0.2, 0.25) is 0 Å². The molecule has 3 heterocycles. The normalized spacial score (nSPS) is 17.5. The summed E-state index contributed by atoms with van der Waals surface area (Å²) in [4.78, 5) is 23.5. The number of carboxylic acids is 1. The molecule has 0 saturated carbocycles. The monoisotopic (exact) mass is 419 g/mol. The first-order valence-corrected chi connectivity index (χ1v) is 10.7. The molecule has 0 unspecified atom stereocenters. The minimum Gasteiger partial charge on any atom is -0.478 e. The molecule has 0 aliphatic carbocycles. The molecule has 0 spiro atoms. The number of ether oxygens (including phenoxy) is 2. The number of rotatable bonds is 3. The third-order valence-corrected chi connectivity index (χ3v) is 5.73. The van der Waals surface area contributed by atoms with Crippen molar-refractivity contribution in [2.75, 3.05) is 18.0 Å². The van der Waals surface area contributed by atoms with Gasteiger partial charge in [-0.25, -0.2) is 14.8 Å². The quantitative estimate of drug-likeness (QED) is 0.647. The van der Waals surface area contributed by atoms with Crippen LogP contribution in [-0.4, -0.2) is 39.9 Å². The van der Waals surface area contributed by atoms with Crippen LogP contribution in [-0.2, 0) is 0 Å². The van der Waals surface area contributed by atoms with Crippen LogP contribution in [0.5, 0.6) is 11.5 Å². The number of fused-ring (bicyclic) bond motifs is 2. The van der Waals surface area contributed by atoms with E-state index >= 15 is 0 Å².